The average molecular weight is 247 g/mol. The number of carbonyl (C=O) groups is 1. The van der Waals surface area contributed by atoms with E-state index < -0.39 is 11.7 Å². The molecule has 6 heteroatoms. The summed E-state index contributed by atoms with van der Waals surface area (Å²) >= 11 is 0. The first-order valence-corrected chi connectivity index (χ1v) is 5.41. The molecule has 0 fully saturated rings. The minimum atomic E-state index is -0.525. The number of fused-ring (bicyclic) bond motifs is 2. The van der Waals surface area contributed by atoms with Crippen LogP contribution in [0.4, 0.5) is 0 Å². The van der Waals surface area contributed by atoms with Gasteiger partial charge in [-0.25, -0.2) is 9.59 Å². The first-order valence-electron chi connectivity index (χ1n) is 5.41. The van der Waals surface area contributed by atoms with Gasteiger partial charge in [-0.2, -0.15) is 0 Å². The summed E-state index contributed by atoms with van der Waals surface area (Å²) in [5.41, 5.74) is 1.43. The summed E-state index contributed by atoms with van der Waals surface area (Å²) in [6, 6.07) is 4.80. The molecule has 6 nitrogen and oxygen atoms in total. The Kier molecular flexibility index (Phi) is 2.22. The molecule has 92 valence electrons. The van der Waals surface area contributed by atoms with Gasteiger partial charge in [-0.1, -0.05) is 0 Å². The summed E-state index contributed by atoms with van der Waals surface area (Å²) in [6.45, 7) is 2.00. The van der Waals surface area contributed by atoms with E-state index in [1.807, 2.05) is 0 Å². The second-order valence-electron chi connectivity index (χ2n) is 3.73. The predicted molar refractivity (Wildman–Crippen MR) is 62.6 cm³/mol. The van der Waals surface area contributed by atoms with Crippen LogP contribution in [0.3, 0.4) is 0 Å². The molecule has 0 radical (unpaired) electrons. The molecule has 2 aromatic heterocycles. The number of furan rings is 1. The van der Waals surface area contributed by atoms with E-state index in [2.05, 4.69) is 4.98 Å². The molecule has 1 aromatic carbocycles. The van der Waals surface area contributed by atoms with Gasteiger partial charge < -0.3 is 13.6 Å². The topological polar surface area (TPSA) is 85.4 Å². The second kappa shape index (κ2) is 3.76. The summed E-state index contributed by atoms with van der Waals surface area (Å²) in [7, 11) is 0. The fraction of sp³-hybridized carbons (Fsp3) is 0.167. The average Bonchev–Trinajstić information content (AvgIpc) is 2.87. The zero-order valence-electron chi connectivity index (χ0n) is 9.48. The van der Waals surface area contributed by atoms with Crippen LogP contribution in [0.25, 0.3) is 22.1 Å². The molecule has 0 unspecified atom stereocenters. The molecule has 3 aromatic rings. The second-order valence-corrected chi connectivity index (χ2v) is 3.73. The summed E-state index contributed by atoms with van der Waals surface area (Å²) < 4.78 is 15.1. The van der Waals surface area contributed by atoms with E-state index in [4.69, 9.17) is 13.6 Å². The van der Waals surface area contributed by atoms with Gasteiger partial charge >= 0.3 is 11.7 Å². The van der Waals surface area contributed by atoms with E-state index >= 15 is 0 Å². The van der Waals surface area contributed by atoms with Crippen LogP contribution in [-0.4, -0.2) is 17.6 Å². The molecule has 0 aliphatic carbocycles. The zero-order chi connectivity index (χ0) is 12.7. The lowest BCUT2D eigenvalue weighted by molar-refractivity contribution is 0.0492. The van der Waals surface area contributed by atoms with Crippen molar-refractivity contribution in [2.75, 3.05) is 6.61 Å². The normalized spacial score (nSPS) is 11.2. The molecule has 1 N–H and O–H groups in total. The highest BCUT2D eigenvalue weighted by molar-refractivity contribution is 5.96. The number of rotatable bonds is 2. The lowest BCUT2D eigenvalue weighted by Gasteiger charge is -1.95. The lowest BCUT2D eigenvalue weighted by atomic mass is 10.2. The van der Waals surface area contributed by atoms with Crippen LogP contribution in [0.15, 0.2) is 31.8 Å². The summed E-state index contributed by atoms with van der Waals surface area (Å²) in [4.78, 5) is 25.0. The summed E-state index contributed by atoms with van der Waals surface area (Å²) in [5, 5.41) is 0.674. The van der Waals surface area contributed by atoms with Gasteiger partial charge in [-0.05, 0) is 19.1 Å². The van der Waals surface area contributed by atoms with Gasteiger partial charge in [-0.15, -0.1) is 0 Å². The van der Waals surface area contributed by atoms with Crippen LogP contribution < -0.4 is 5.76 Å². The Morgan fingerprint density at radius 1 is 1.28 bits per heavy atom. The smallest absolute Gasteiger partial charge is 0.417 e. The molecule has 0 atom stereocenters. The minimum Gasteiger partial charge on any atom is -0.460 e. The van der Waals surface area contributed by atoms with Gasteiger partial charge in [0.1, 0.15) is 5.58 Å². The Labute approximate surface area is 100 Å². The number of aromatic nitrogens is 1. The van der Waals surface area contributed by atoms with E-state index in [1.165, 1.54) is 0 Å². The van der Waals surface area contributed by atoms with Crippen molar-refractivity contribution in [3.05, 3.63) is 34.5 Å². The fourth-order valence-electron chi connectivity index (χ4n) is 1.79. The van der Waals surface area contributed by atoms with Gasteiger partial charge in [0, 0.05) is 11.5 Å². The van der Waals surface area contributed by atoms with E-state index in [9.17, 15) is 9.59 Å². The van der Waals surface area contributed by atoms with Gasteiger partial charge in [0.05, 0.1) is 12.1 Å². The maximum atomic E-state index is 11.5. The highest BCUT2D eigenvalue weighted by Crippen LogP contribution is 2.24. The maximum absolute atomic E-state index is 11.5. The van der Waals surface area contributed by atoms with Gasteiger partial charge in [0.2, 0.25) is 5.76 Å². The Morgan fingerprint density at radius 2 is 2.11 bits per heavy atom. The Morgan fingerprint density at radius 3 is 2.89 bits per heavy atom. The SMILES string of the molecule is CCOC(=O)c1cc2cc3oc(=O)[nH]c3cc2o1. The van der Waals surface area contributed by atoms with E-state index in [0.29, 0.717) is 22.1 Å². The van der Waals surface area contributed by atoms with Crippen molar-refractivity contribution in [2.45, 2.75) is 6.92 Å². The lowest BCUT2D eigenvalue weighted by Crippen LogP contribution is -2.02. The number of nitrogens with one attached hydrogen (secondary N) is 1. The quantitative estimate of drug-likeness (QED) is 0.700. The standard InChI is InChI=1S/C12H9NO5/c1-2-16-11(14)10-4-6-3-9-7(5-8(6)17-10)13-12(15)18-9/h3-5H,2H2,1H3,(H,13,15). The third kappa shape index (κ3) is 1.58. The molecule has 0 bridgehead atoms. The number of oxazole rings is 1. The van der Waals surface area contributed by atoms with Crippen molar-refractivity contribution in [3.8, 4) is 0 Å². The van der Waals surface area contributed by atoms with Crippen LogP contribution >= 0.6 is 0 Å². The first-order chi connectivity index (χ1) is 8.67. The van der Waals surface area contributed by atoms with Crippen molar-refractivity contribution >= 4 is 28.0 Å². The van der Waals surface area contributed by atoms with Crippen LogP contribution in [0.2, 0.25) is 0 Å². The predicted octanol–water partition coefficient (Wildman–Crippen LogP) is 2.04. The molecule has 0 aliphatic heterocycles. The maximum Gasteiger partial charge on any atom is 0.417 e. The minimum absolute atomic E-state index is 0.127. The zero-order valence-corrected chi connectivity index (χ0v) is 9.48. The summed E-state index contributed by atoms with van der Waals surface area (Å²) in [5.74, 6) is -0.913. The molecule has 2 heterocycles. The van der Waals surface area contributed by atoms with Crippen molar-refractivity contribution < 1.29 is 18.4 Å². The Bertz CT molecular complexity index is 738. The Balaban J connectivity index is 2.17. The number of aromatic amines is 1. The van der Waals surface area contributed by atoms with Gasteiger partial charge in [0.15, 0.2) is 5.58 Å². The number of ether oxygens (including phenoxy) is 1. The van der Waals surface area contributed by atoms with E-state index in [0.717, 1.165) is 0 Å². The van der Waals surface area contributed by atoms with Crippen molar-refractivity contribution in [2.24, 2.45) is 0 Å². The van der Waals surface area contributed by atoms with Crippen molar-refractivity contribution in [1.29, 1.82) is 0 Å². The molecule has 18 heavy (non-hydrogen) atoms. The molecular weight excluding hydrogens is 238 g/mol. The molecule has 0 saturated heterocycles. The third-order valence-corrected chi connectivity index (χ3v) is 2.53. The molecule has 0 saturated carbocycles. The first kappa shape index (κ1) is 10.6. The number of esters is 1. The number of hydrogen-bond acceptors (Lipinski definition) is 5. The monoisotopic (exact) mass is 247 g/mol. The van der Waals surface area contributed by atoms with E-state index in [-0.39, 0.29) is 12.4 Å². The van der Waals surface area contributed by atoms with Crippen LogP contribution in [0.5, 0.6) is 0 Å². The molecule has 0 spiro atoms. The highest BCUT2D eigenvalue weighted by atomic mass is 16.5. The number of hydrogen-bond donors (Lipinski definition) is 1. The van der Waals surface area contributed by atoms with E-state index in [1.54, 1.807) is 25.1 Å². The third-order valence-electron chi connectivity index (χ3n) is 2.53. The molecule has 0 aliphatic rings. The number of carbonyl (C=O) groups excluding carboxylic acids is 1. The highest BCUT2D eigenvalue weighted by Gasteiger charge is 2.14. The van der Waals surface area contributed by atoms with Crippen molar-refractivity contribution in [1.82, 2.24) is 4.98 Å². The summed E-state index contributed by atoms with van der Waals surface area (Å²) in [6.07, 6.45) is 0. The van der Waals surface area contributed by atoms with Crippen LogP contribution in [0.1, 0.15) is 17.5 Å². The van der Waals surface area contributed by atoms with Gasteiger partial charge in [0.25, 0.3) is 0 Å². The van der Waals surface area contributed by atoms with Gasteiger partial charge in [-0.3, -0.25) is 4.98 Å². The largest absolute Gasteiger partial charge is 0.460 e. The Hall–Kier alpha value is -2.50. The number of H-pyrrole nitrogens is 1. The van der Waals surface area contributed by atoms with Crippen LogP contribution in [0, 0.1) is 0 Å². The van der Waals surface area contributed by atoms with Crippen molar-refractivity contribution in [3.63, 3.8) is 0 Å². The molecular formula is C12H9NO5. The van der Waals surface area contributed by atoms with Crippen LogP contribution in [-0.2, 0) is 4.74 Å². The number of benzene rings is 1. The molecule has 3 rings (SSSR count). The molecule has 0 amide bonds. The fourth-order valence-corrected chi connectivity index (χ4v) is 1.79.